The molecule has 0 aliphatic heterocycles. The topological polar surface area (TPSA) is 109 Å². The molecule has 8 aromatic rings. The Labute approximate surface area is 355 Å². The highest BCUT2D eigenvalue weighted by molar-refractivity contribution is 14.1. The van der Waals surface area contributed by atoms with Gasteiger partial charge in [-0.3, -0.25) is 24.2 Å². The molecule has 8 rings (SSSR count). The number of carbonyl (C=O) groups excluding carboxylic acids is 2. The van der Waals surface area contributed by atoms with Gasteiger partial charge in [0.1, 0.15) is 24.9 Å². The lowest BCUT2D eigenvalue weighted by Crippen LogP contribution is -2.15. The van der Waals surface area contributed by atoms with Crippen molar-refractivity contribution in [2.45, 2.75) is 13.8 Å². The van der Waals surface area contributed by atoms with Crippen LogP contribution >= 0.6 is 80.0 Å². The Bertz CT molecular complexity index is 2600. The fourth-order valence-corrected chi connectivity index (χ4v) is 7.36. The van der Waals surface area contributed by atoms with Crippen molar-refractivity contribution >= 4 is 124 Å². The highest BCUT2D eigenvalue weighted by Gasteiger charge is 2.21. The average Bonchev–Trinajstić information content (AvgIpc) is 3.88. The van der Waals surface area contributed by atoms with Gasteiger partial charge in [0, 0.05) is 0 Å². The molecule has 0 saturated carbocycles. The van der Waals surface area contributed by atoms with E-state index in [4.69, 9.17) is 36.2 Å². The van der Waals surface area contributed by atoms with Gasteiger partial charge in [0.25, 0.3) is 11.1 Å². The minimum atomic E-state index is -1.00. The molecule has 55 heavy (non-hydrogen) atoms. The van der Waals surface area contributed by atoms with Crippen molar-refractivity contribution in [3.05, 3.63) is 154 Å². The average molecular weight is 1040 g/mol. The smallest absolute Gasteiger partial charge is 0.278 e. The van der Waals surface area contributed by atoms with Crippen LogP contribution in [-0.4, -0.2) is 48.5 Å². The number of aromatic nitrogens is 6. The maximum absolute atomic E-state index is 13.9. The molecule has 0 amide bonds. The summed E-state index contributed by atoms with van der Waals surface area (Å²) in [5.74, 6) is -1.21. The first kappa shape index (κ1) is 42.1. The number of nitrogens with one attached hydrogen (secondary N) is 2. The number of hydrogen-bond acceptors (Lipinski definition) is 5. The number of rotatable bonds is 2. The lowest BCUT2D eigenvalue weighted by atomic mass is 10.1. The third-order valence-electron chi connectivity index (χ3n) is 7.58. The highest BCUT2D eigenvalue weighted by Crippen LogP contribution is 2.27. The van der Waals surface area contributed by atoms with Gasteiger partial charge < -0.3 is 0 Å². The molecule has 0 aliphatic carbocycles. The van der Waals surface area contributed by atoms with E-state index in [-0.39, 0.29) is 17.5 Å². The molecule has 0 radical (unpaired) electrons. The van der Waals surface area contributed by atoms with Crippen LogP contribution in [-0.2, 0) is 0 Å². The van der Waals surface area contributed by atoms with E-state index in [1.54, 1.807) is 86.6 Å². The second-order valence-electron chi connectivity index (χ2n) is 11.0. The summed E-state index contributed by atoms with van der Waals surface area (Å²) >= 11 is 21.1. The van der Waals surface area contributed by atoms with Crippen molar-refractivity contribution < 1.29 is 28.5 Å². The van der Waals surface area contributed by atoms with E-state index in [0.29, 0.717) is 52.1 Å². The summed E-state index contributed by atoms with van der Waals surface area (Å²) in [7, 11) is -1.00. The maximum Gasteiger partial charge on any atom is 0.280 e. The zero-order chi connectivity index (χ0) is 41.1. The summed E-state index contributed by atoms with van der Waals surface area (Å²) in [6, 6.07) is 24.7. The number of nitrogens with zero attached hydrogens (tertiary/aromatic N) is 4. The van der Waals surface area contributed by atoms with Crippen molar-refractivity contribution in [1.82, 2.24) is 30.2 Å². The van der Waals surface area contributed by atoms with Crippen LogP contribution in [0.3, 0.4) is 0 Å². The van der Waals surface area contributed by atoms with E-state index in [0.717, 1.165) is 20.3 Å². The molecule has 2 N–H and O–H groups in total. The number of halogens is 9. The van der Waals surface area contributed by atoms with Gasteiger partial charge in [-0.2, -0.15) is 20.0 Å². The second kappa shape index (κ2) is 20.2. The van der Waals surface area contributed by atoms with Gasteiger partial charge in [-0.15, -0.1) is 0 Å². The number of alkyl halides is 1. The minimum Gasteiger partial charge on any atom is -0.278 e. The minimum absolute atomic E-state index is 0.222. The van der Waals surface area contributed by atoms with Crippen LogP contribution < -0.4 is 0 Å². The Morgan fingerprint density at radius 2 is 1.31 bits per heavy atom. The van der Waals surface area contributed by atoms with E-state index >= 15 is 0 Å². The second-order valence-corrected chi connectivity index (χ2v) is 14.3. The van der Waals surface area contributed by atoms with Gasteiger partial charge in [-0.1, -0.05) is 65.7 Å². The van der Waals surface area contributed by atoms with Gasteiger partial charge in [0.2, 0.25) is 0 Å². The number of hydrogen-bond donors (Lipinski definition) is 2. The predicted molar refractivity (Wildman–Crippen MR) is 227 cm³/mol. The summed E-state index contributed by atoms with van der Waals surface area (Å²) in [5.41, 5.74) is 4.18. The summed E-state index contributed by atoms with van der Waals surface area (Å²) in [5, 5.41) is 18.9. The van der Waals surface area contributed by atoms with Crippen LogP contribution in [0.4, 0.5) is 17.6 Å². The van der Waals surface area contributed by atoms with E-state index in [2.05, 4.69) is 25.5 Å². The molecule has 3 heterocycles. The third-order valence-corrected chi connectivity index (χ3v) is 9.93. The Kier molecular flexibility index (Phi) is 15.4. The van der Waals surface area contributed by atoms with Crippen LogP contribution in [0.25, 0.3) is 32.7 Å². The summed E-state index contributed by atoms with van der Waals surface area (Å²) < 4.78 is 57.6. The molecule has 284 valence electrons. The number of aromatic amines is 2. The Balaban J connectivity index is 0.000000171. The Morgan fingerprint density at radius 1 is 0.764 bits per heavy atom. The lowest BCUT2D eigenvalue weighted by molar-refractivity contribution is 0.0949. The molecule has 0 spiro atoms. The van der Waals surface area contributed by atoms with Crippen molar-refractivity contribution in [2.24, 2.45) is 0 Å². The molecule has 5 aromatic carbocycles. The van der Waals surface area contributed by atoms with Crippen LogP contribution in [0.2, 0.25) is 10.0 Å². The summed E-state index contributed by atoms with van der Waals surface area (Å²) in [4.78, 5) is 23.5. The molecule has 8 nitrogen and oxygen atoms in total. The zero-order valence-electron chi connectivity index (χ0n) is 29.5. The predicted octanol–water partition coefficient (Wildman–Crippen LogP) is 12.1. The molecule has 3 aromatic heterocycles. The van der Waals surface area contributed by atoms with Crippen LogP contribution in [0.1, 0.15) is 33.2 Å². The molecule has 0 unspecified atom stereocenters. The van der Waals surface area contributed by atoms with Crippen molar-refractivity contribution in [3.8, 4) is 0 Å². The van der Waals surface area contributed by atoms with Gasteiger partial charge in [-0.25, -0.2) is 13.2 Å². The normalized spacial score (nSPS) is 10.6. The molecule has 0 fully saturated rings. The number of carbonyl (C=O) groups is 2. The van der Waals surface area contributed by atoms with Crippen LogP contribution in [0.15, 0.2) is 97.2 Å². The van der Waals surface area contributed by atoms with Crippen LogP contribution in [0.5, 0.6) is 0 Å². The van der Waals surface area contributed by atoms with Crippen molar-refractivity contribution in [3.63, 3.8) is 0 Å². The first-order valence-corrected chi connectivity index (χ1v) is 18.8. The molecule has 17 heteroatoms. The first-order valence-electron chi connectivity index (χ1n) is 16.2. The van der Waals surface area contributed by atoms with Gasteiger partial charge in [0.15, 0.2) is 0 Å². The molecule has 0 bridgehead atoms. The van der Waals surface area contributed by atoms with Gasteiger partial charge in [-0.05, 0) is 130 Å². The van der Waals surface area contributed by atoms with Gasteiger partial charge in [0.05, 0.1) is 68.6 Å². The zero-order valence-corrected chi connectivity index (χ0v) is 35.0. The van der Waals surface area contributed by atoms with Crippen LogP contribution in [0, 0.1) is 38.7 Å². The summed E-state index contributed by atoms with van der Waals surface area (Å²) in [6.45, 7) is 3.60. The third kappa shape index (κ3) is 10.4. The number of benzene rings is 5. The molecule has 0 saturated heterocycles. The fraction of sp³-hybridized carbons (Fsp3) is 0.0789. The number of aryl methyl sites for hydroxylation is 2. The van der Waals surface area contributed by atoms with Crippen molar-refractivity contribution in [1.29, 1.82) is 0 Å². The Hall–Kier alpha value is -4.10. The maximum atomic E-state index is 13.9. The highest BCUT2D eigenvalue weighted by atomic mass is 127. The van der Waals surface area contributed by atoms with E-state index in [1.165, 1.54) is 29.1 Å². The first-order chi connectivity index (χ1) is 26.7. The van der Waals surface area contributed by atoms with E-state index in [1.807, 2.05) is 45.2 Å². The van der Waals surface area contributed by atoms with Gasteiger partial charge >= 0.3 is 0 Å². The monoisotopic (exact) mass is 1030 g/mol. The Morgan fingerprint density at radius 3 is 1.87 bits per heavy atom. The fourth-order valence-electron chi connectivity index (χ4n) is 5.05. The van der Waals surface area contributed by atoms with Crippen molar-refractivity contribution in [2.75, 3.05) is 7.15 Å². The summed E-state index contributed by atoms with van der Waals surface area (Å²) in [6.07, 6.45) is 1.48. The van der Waals surface area contributed by atoms with E-state index < -0.39 is 18.2 Å². The van der Waals surface area contributed by atoms with E-state index in [9.17, 15) is 27.2 Å². The largest absolute Gasteiger partial charge is 0.280 e. The molecular formula is C38H27Cl3F4I2N6O2. The number of fused-ring (bicyclic) bond motifs is 3. The molecular weight excluding hydrogens is 1010 g/mol. The lowest BCUT2D eigenvalue weighted by Gasteiger charge is -2.07. The number of H-pyrrole nitrogens is 2. The standard InChI is InChI=1S/C15H9ClFIN2O.C8H6Cl2O.C7H4FIN2.C7H5FN2.CH3F/c1-8-4-2-5-9(16)12(8)15(21)20-11-7-3-6-10(17)13(11)14(18)19-20;1-5-3-2-4-6(9)7(5)8(10)11;8-4-2-1-3-5-6(4)7(9)11-10-5;8-6-2-1-3-7-5(6)4-9-10-7;1-2/h2-7H,1H3;2-4H,1H3;1-3H,(H,10,11);1-4H,(H,9,10);1H3/i;;;;1D. The molecule has 0 atom stereocenters. The quantitative estimate of drug-likeness (QED) is 0.102. The SMILES string of the molecule is Cc1cccc(Cl)c1C(=O)Cl.Cc1cccc(Cl)c1C(=O)n1nc(I)c2c(F)cccc21.Fc1cccc2[nH]ncc12.Fc1cccc2n[nH]c(I)c12.[2H]CF. The molecule has 0 aliphatic rings.